The van der Waals surface area contributed by atoms with Gasteiger partial charge in [0.2, 0.25) is 5.91 Å². The van der Waals surface area contributed by atoms with Crippen LogP contribution in [0.4, 0.5) is 0 Å². The molecule has 1 aliphatic carbocycles. The van der Waals surface area contributed by atoms with Crippen molar-refractivity contribution < 1.29 is 4.79 Å². The molecule has 0 saturated heterocycles. The van der Waals surface area contributed by atoms with E-state index < -0.39 is 0 Å². The van der Waals surface area contributed by atoms with Gasteiger partial charge in [-0.3, -0.25) is 14.2 Å². The molecular weight excluding hydrogens is 290 g/mol. The van der Waals surface area contributed by atoms with E-state index in [4.69, 9.17) is 0 Å². The van der Waals surface area contributed by atoms with E-state index in [1.165, 1.54) is 17.3 Å². The van der Waals surface area contributed by atoms with E-state index in [1.807, 2.05) is 25.1 Å². The van der Waals surface area contributed by atoms with Crippen LogP contribution >= 0.6 is 0 Å². The van der Waals surface area contributed by atoms with Gasteiger partial charge in [0.05, 0.1) is 17.2 Å². The standard InChI is InChI=1S/C18H23N3O2/c1-12-7-8-16-14(9-12)18(23)21(11-19-16)10-17(22)20-15-6-4-3-5-13(15)2/h7-9,11,13,15H,3-6,10H2,1-2H3,(H,20,22)/t13-,15+/m1/s1. The quantitative estimate of drug-likeness (QED) is 0.946. The molecule has 3 rings (SSSR count). The van der Waals surface area contributed by atoms with E-state index in [0.717, 1.165) is 24.8 Å². The molecule has 1 heterocycles. The molecule has 0 bridgehead atoms. The van der Waals surface area contributed by atoms with Crippen molar-refractivity contribution in [2.24, 2.45) is 5.92 Å². The first-order chi connectivity index (χ1) is 11.0. The van der Waals surface area contributed by atoms with Gasteiger partial charge >= 0.3 is 0 Å². The smallest absolute Gasteiger partial charge is 0.261 e. The van der Waals surface area contributed by atoms with Crippen LogP contribution in [-0.2, 0) is 11.3 Å². The SMILES string of the molecule is Cc1ccc2ncn(CC(=O)N[C@H]3CCCC[C@H]3C)c(=O)c2c1. The van der Waals surface area contributed by atoms with Crippen LogP contribution in [0.3, 0.4) is 0 Å². The van der Waals surface area contributed by atoms with Crippen LogP contribution in [0.25, 0.3) is 10.9 Å². The Morgan fingerprint density at radius 1 is 1.35 bits per heavy atom. The number of carbonyl (C=O) groups is 1. The van der Waals surface area contributed by atoms with E-state index in [2.05, 4.69) is 17.2 Å². The zero-order valence-electron chi connectivity index (χ0n) is 13.7. The van der Waals surface area contributed by atoms with Crippen molar-refractivity contribution >= 4 is 16.8 Å². The van der Waals surface area contributed by atoms with Gasteiger partial charge < -0.3 is 5.32 Å². The topological polar surface area (TPSA) is 64.0 Å². The second-order valence-corrected chi connectivity index (χ2v) is 6.63. The summed E-state index contributed by atoms with van der Waals surface area (Å²) in [7, 11) is 0. The minimum Gasteiger partial charge on any atom is -0.352 e. The Hall–Kier alpha value is -2.17. The van der Waals surface area contributed by atoms with Crippen molar-refractivity contribution in [2.75, 3.05) is 0 Å². The molecule has 1 N–H and O–H groups in total. The van der Waals surface area contributed by atoms with Gasteiger partial charge in [0, 0.05) is 6.04 Å². The summed E-state index contributed by atoms with van der Waals surface area (Å²) in [5.41, 5.74) is 1.51. The second-order valence-electron chi connectivity index (χ2n) is 6.63. The molecule has 0 radical (unpaired) electrons. The zero-order chi connectivity index (χ0) is 16.4. The van der Waals surface area contributed by atoms with Gasteiger partial charge in [-0.05, 0) is 37.8 Å². The Balaban J connectivity index is 1.77. The average molecular weight is 313 g/mol. The summed E-state index contributed by atoms with van der Waals surface area (Å²) in [4.78, 5) is 29.1. The predicted molar refractivity (Wildman–Crippen MR) is 90.3 cm³/mol. The van der Waals surface area contributed by atoms with Gasteiger partial charge in [-0.2, -0.15) is 0 Å². The maximum Gasteiger partial charge on any atom is 0.261 e. The van der Waals surface area contributed by atoms with Crippen LogP contribution in [0.5, 0.6) is 0 Å². The minimum absolute atomic E-state index is 0.0267. The second kappa shape index (κ2) is 6.52. The van der Waals surface area contributed by atoms with E-state index in [9.17, 15) is 9.59 Å². The van der Waals surface area contributed by atoms with E-state index in [1.54, 1.807) is 0 Å². The highest BCUT2D eigenvalue weighted by Gasteiger charge is 2.22. The van der Waals surface area contributed by atoms with Crippen LogP contribution in [0, 0.1) is 12.8 Å². The maximum atomic E-state index is 12.5. The molecular formula is C18H23N3O2. The third-order valence-corrected chi connectivity index (χ3v) is 4.75. The summed E-state index contributed by atoms with van der Waals surface area (Å²) in [5, 5.41) is 3.64. The molecule has 1 fully saturated rings. The van der Waals surface area contributed by atoms with Crippen LogP contribution < -0.4 is 10.9 Å². The Morgan fingerprint density at radius 3 is 2.91 bits per heavy atom. The number of nitrogens with one attached hydrogen (secondary N) is 1. The van der Waals surface area contributed by atoms with Gasteiger partial charge in [-0.25, -0.2) is 4.98 Å². The lowest BCUT2D eigenvalue weighted by Crippen LogP contribution is -2.43. The number of amides is 1. The third-order valence-electron chi connectivity index (χ3n) is 4.75. The summed E-state index contributed by atoms with van der Waals surface area (Å²) in [6.07, 6.45) is 6.04. The first-order valence-corrected chi connectivity index (χ1v) is 8.30. The van der Waals surface area contributed by atoms with Gasteiger partial charge in [0.1, 0.15) is 6.54 Å². The number of carbonyl (C=O) groups excluding carboxylic acids is 1. The number of benzene rings is 1. The summed E-state index contributed by atoms with van der Waals surface area (Å²) in [6, 6.07) is 5.81. The molecule has 122 valence electrons. The Labute approximate surface area is 135 Å². The molecule has 0 spiro atoms. The molecule has 23 heavy (non-hydrogen) atoms. The highest BCUT2D eigenvalue weighted by molar-refractivity contribution is 5.79. The predicted octanol–water partition coefficient (Wildman–Crippen LogP) is 2.40. The van der Waals surface area contributed by atoms with Crippen molar-refractivity contribution in [3.8, 4) is 0 Å². The van der Waals surface area contributed by atoms with E-state index >= 15 is 0 Å². The maximum absolute atomic E-state index is 12.5. The van der Waals surface area contributed by atoms with Crippen molar-refractivity contribution in [2.45, 2.75) is 52.1 Å². The fourth-order valence-electron chi connectivity index (χ4n) is 3.32. The highest BCUT2D eigenvalue weighted by Crippen LogP contribution is 2.23. The molecule has 0 unspecified atom stereocenters. The fraction of sp³-hybridized carbons (Fsp3) is 0.500. The molecule has 1 aromatic carbocycles. The number of rotatable bonds is 3. The van der Waals surface area contributed by atoms with Crippen molar-refractivity contribution in [3.05, 3.63) is 40.4 Å². The third kappa shape index (κ3) is 3.44. The van der Waals surface area contributed by atoms with Crippen LogP contribution in [-0.4, -0.2) is 21.5 Å². The molecule has 1 aromatic heterocycles. The van der Waals surface area contributed by atoms with E-state index in [-0.39, 0.29) is 24.1 Å². The molecule has 0 aliphatic heterocycles. The first-order valence-electron chi connectivity index (χ1n) is 8.30. The molecule has 2 atom stereocenters. The molecule has 5 heteroatoms. The van der Waals surface area contributed by atoms with Crippen molar-refractivity contribution in [3.63, 3.8) is 0 Å². The molecule has 1 saturated carbocycles. The van der Waals surface area contributed by atoms with Gasteiger partial charge in [-0.15, -0.1) is 0 Å². The van der Waals surface area contributed by atoms with Gasteiger partial charge in [0.15, 0.2) is 0 Å². The average Bonchev–Trinajstić information content (AvgIpc) is 2.53. The van der Waals surface area contributed by atoms with E-state index in [0.29, 0.717) is 16.8 Å². The van der Waals surface area contributed by atoms with Crippen LogP contribution in [0.15, 0.2) is 29.3 Å². The van der Waals surface area contributed by atoms with Gasteiger partial charge in [-0.1, -0.05) is 31.4 Å². The lowest BCUT2D eigenvalue weighted by molar-refractivity contribution is -0.123. The Morgan fingerprint density at radius 2 is 2.13 bits per heavy atom. The lowest BCUT2D eigenvalue weighted by Gasteiger charge is -2.29. The highest BCUT2D eigenvalue weighted by atomic mass is 16.2. The zero-order valence-corrected chi connectivity index (χ0v) is 13.7. The monoisotopic (exact) mass is 313 g/mol. The van der Waals surface area contributed by atoms with Crippen LogP contribution in [0.2, 0.25) is 0 Å². The number of nitrogens with zero attached hydrogens (tertiary/aromatic N) is 2. The molecule has 5 nitrogen and oxygen atoms in total. The Kier molecular flexibility index (Phi) is 4.46. The first kappa shape index (κ1) is 15.7. The molecule has 1 aliphatic rings. The summed E-state index contributed by atoms with van der Waals surface area (Å²) >= 11 is 0. The minimum atomic E-state index is -0.162. The lowest BCUT2D eigenvalue weighted by atomic mass is 9.86. The normalized spacial score (nSPS) is 21.3. The fourth-order valence-corrected chi connectivity index (χ4v) is 3.32. The number of aryl methyl sites for hydroxylation is 1. The number of fused-ring (bicyclic) bond motifs is 1. The van der Waals surface area contributed by atoms with Gasteiger partial charge in [0.25, 0.3) is 5.56 Å². The molecule has 2 aromatic rings. The number of hydrogen-bond acceptors (Lipinski definition) is 3. The molecule has 1 amide bonds. The Bertz CT molecular complexity index is 781. The summed E-state index contributed by atoms with van der Waals surface area (Å²) in [6.45, 7) is 4.14. The summed E-state index contributed by atoms with van der Waals surface area (Å²) < 4.78 is 1.39. The largest absolute Gasteiger partial charge is 0.352 e. The van der Waals surface area contributed by atoms with Crippen molar-refractivity contribution in [1.82, 2.24) is 14.9 Å². The number of hydrogen-bond donors (Lipinski definition) is 1. The number of aromatic nitrogens is 2. The van der Waals surface area contributed by atoms with Crippen LogP contribution in [0.1, 0.15) is 38.2 Å². The summed E-state index contributed by atoms with van der Waals surface area (Å²) in [5.74, 6) is 0.390. The van der Waals surface area contributed by atoms with Crippen molar-refractivity contribution in [1.29, 1.82) is 0 Å².